The molecule has 1 aliphatic heterocycles. The van der Waals surface area contributed by atoms with Crippen LogP contribution < -0.4 is 15.5 Å². The van der Waals surface area contributed by atoms with Crippen LogP contribution in [0.3, 0.4) is 0 Å². The molecular weight excluding hydrogens is 296 g/mol. The molecule has 3 rings (SSSR count). The second-order valence-corrected chi connectivity index (χ2v) is 5.52. The number of aromatic nitrogens is 1. The lowest BCUT2D eigenvalue weighted by molar-refractivity contribution is 0.0857. The standard InChI is InChI=1S/C17H20N2O4/c1-2-22-11-5-6-15-13(8-11)16(20)14(10-18-15)17(21)19-9-12-4-3-7-23-12/h5-6,8,10,12H,2-4,7,9H2,1H3,(H,18,20)(H,19,21). The molecule has 1 saturated heterocycles. The third kappa shape index (κ3) is 3.37. The molecule has 1 atom stereocenters. The van der Waals surface area contributed by atoms with Gasteiger partial charge >= 0.3 is 0 Å². The number of rotatable bonds is 5. The highest BCUT2D eigenvalue weighted by atomic mass is 16.5. The highest BCUT2D eigenvalue weighted by Gasteiger charge is 2.18. The number of nitrogens with one attached hydrogen (secondary N) is 2. The fourth-order valence-electron chi connectivity index (χ4n) is 2.73. The number of pyridine rings is 1. The average Bonchev–Trinajstić information content (AvgIpc) is 3.07. The molecule has 2 aromatic rings. The maximum Gasteiger partial charge on any atom is 0.256 e. The second kappa shape index (κ2) is 6.83. The summed E-state index contributed by atoms with van der Waals surface area (Å²) in [6.07, 6.45) is 3.45. The van der Waals surface area contributed by atoms with Crippen LogP contribution in [0.1, 0.15) is 30.1 Å². The number of aromatic amines is 1. The summed E-state index contributed by atoms with van der Waals surface area (Å²) >= 11 is 0. The van der Waals surface area contributed by atoms with Crippen LogP contribution in [0.15, 0.2) is 29.2 Å². The first-order chi connectivity index (χ1) is 11.2. The number of fused-ring (bicyclic) bond motifs is 1. The SMILES string of the molecule is CCOc1ccc2[nH]cc(C(=O)NCC3CCCO3)c(=O)c2c1. The van der Waals surface area contributed by atoms with E-state index in [1.807, 2.05) is 6.92 Å². The van der Waals surface area contributed by atoms with E-state index < -0.39 is 0 Å². The van der Waals surface area contributed by atoms with Gasteiger partial charge < -0.3 is 19.8 Å². The van der Waals surface area contributed by atoms with E-state index in [1.165, 1.54) is 6.20 Å². The van der Waals surface area contributed by atoms with E-state index in [0.29, 0.717) is 29.8 Å². The van der Waals surface area contributed by atoms with Gasteiger partial charge in [-0.1, -0.05) is 0 Å². The van der Waals surface area contributed by atoms with E-state index in [4.69, 9.17) is 9.47 Å². The predicted molar refractivity (Wildman–Crippen MR) is 87.0 cm³/mol. The van der Waals surface area contributed by atoms with Crippen LogP contribution in [-0.4, -0.2) is 36.8 Å². The van der Waals surface area contributed by atoms with Gasteiger partial charge in [0.1, 0.15) is 11.3 Å². The molecule has 0 saturated carbocycles. The lowest BCUT2D eigenvalue weighted by Gasteiger charge is -2.11. The van der Waals surface area contributed by atoms with Crippen molar-refractivity contribution in [2.75, 3.05) is 19.8 Å². The molecular formula is C17H20N2O4. The van der Waals surface area contributed by atoms with Crippen LogP contribution >= 0.6 is 0 Å². The third-order valence-corrected chi connectivity index (χ3v) is 3.92. The van der Waals surface area contributed by atoms with Crippen molar-refractivity contribution in [2.45, 2.75) is 25.9 Å². The minimum atomic E-state index is -0.384. The molecule has 0 aliphatic carbocycles. The second-order valence-electron chi connectivity index (χ2n) is 5.52. The predicted octanol–water partition coefficient (Wildman–Crippen LogP) is 1.84. The highest BCUT2D eigenvalue weighted by molar-refractivity contribution is 5.97. The summed E-state index contributed by atoms with van der Waals surface area (Å²) in [6.45, 7) is 3.56. The molecule has 0 bridgehead atoms. The van der Waals surface area contributed by atoms with Gasteiger partial charge in [0, 0.05) is 30.3 Å². The molecule has 122 valence electrons. The van der Waals surface area contributed by atoms with Crippen molar-refractivity contribution >= 4 is 16.8 Å². The number of hydrogen-bond acceptors (Lipinski definition) is 4. The molecule has 1 unspecified atom stereocenters. The van der Waals surface area contributed by atoms with Gasteiger partial charge in [-0.15, -0.1) is 0 Å². The minimum absolute atomic E-state index is 0.0445. The highest BCUT2D eigenvalue weighted by Crippen LogP contribution is 2.17. The monoisotopic (exact) mass is 316 g/mol. The van der Waals surface area contributed by atoms with Gasteiger partial charge in [-0.25, -0.2) is 0 Å². The van der Waals surface area contributed by atoms with E-state index in [2.05, 4.69) is 10.3 Å². The third-order valence-electron chi connectivity index (χ3n) is 3.92. The zero-order valence-electron chi connectivity index (χ0n) is 13.1. The maximum absolute atomic E-state index is 12.6. The van der Waals surface area contributed by atoms with Crippen LogP contribution in [0.25, 0.3) is 10.9 Å². The topological polar surface area (TPSA) is 80.4 Å². The zero-order valence-corrected chi connectivity index (χ0v) is 13.1. The van der Waals surface area contributed by atoms with Crippen molar-refractivity contribution in [3.8, 4) is 5.75 Å². The summed E-state index contributed by atoms with van der Waals surface area (Å²) < 4.78 is 10.9. The summed E-state index contributed by atoms with van der Waals surface area (Å²) in [4.78, 5) is 27.8. The summed E-state index contributed by atoms with van der Waals surface area (Å²) in [5.41, 5.74) is 0.475. The van der Waals surface area contributed by atoms with Gasteiger partial charge in [-0.3, -0.25) is 9.59 Å². The van der Waals surface area contributed by atoms with E-state index in [-0.39, 0.29) is 23.0 Å². The fraction of sp³-hybridized carbons (Fsp3) is 0.412. The first-order valence-corrected chi connectivity index (χ1v) is 7.87. The maximum atomic E-state index is 12.6. The van der Waals surface area contributed by atoms with Crippen LogP contribution in [0.4, 0.5) is 0 Å². The first kappa shape index (κ1) is 15.6. The van der Waals surface area contributed by atoms with Gasteiger partial charge in [0.15, 0.2) is 0 Å². The van der Waals surface area contributed by atoms with Crippen molar-refractivity contribution in [1.29, 1.82) is 0 Å². The Morgan fingerprint density at radius 2 is 2.35 bits per heavy atom. The molecule has 23 heavy (non-hydrogen) atoms. The smallest absolute Gasteiger partial charge is 0.256 e. The lowest BCUT2D eigenvalue weighted by Crippen LogP contribution is -2.34. The Kier molecular flexibility index (Phi) is 4.62. The Labute approximate surface area is 133 Å². The molecule has 0 spiro atoms. The quantitative estimate of drug-likeness (QED) is 0.882. The van der Waals surface area contributed by atoms with E-state index >= 15 is 0 Å². The van der Waals surface area contributed by atoms with Gasteiger partial charge in [-0.05, 0) is 38.0 Å². The number of ether oxygens (including phenoxy) is 2. The van der Waals surface area contributed by atoms with E-state index in [9.17, 15) is 9.59 Å². The number of hydrogen-bond donors (Lipinski definition) is 2. The van der Waals surface area contributed by atoms with Gasteiger partial charge in [0.05, 0.1) is 12.7 Å². The summed E-state index contributed by atoms with van der Waals surface area (Å²) in [7, 11) is 0. The number of H-pyrrole nitrogens is 1. The van der Waals surface area contributed by atoms with Crippen LogP contribution in [-0.2, 0) is 4.74 Å². The largest absolute Gasteiger partial charge is 0.494 e. The minimum Gasteiger partial charge on any atom is -0.494 e. The molecule has 1 aliphatic rings. The van der Waals surface area contributed by atoms with Crippen molar-refractivity contribution in [3.05, 3.63) is 40.2 Å². The molecule has 6 nitrogen and oxygen atoms in total. The molecule has 1 aromatic heterocycles. The number of carbonyl (C=O) groups is 1. The first-order valence-electron chi connectivity index (χ1n) is 7.87. The lowest BCUT2D eigenvalue weighted by atomic mass is 10.1. The molecule has 1 amide bonds. The van der Waals surface area contributed by atoms with Crippen LogP contribution in [0, 0.1) is 0 Å². The van der Waals surface area contributed by atoms with Gasteiger partial charge in [0.2, 0.25) is 5.43 Å². The molecule has 2 heterocycles. The molecule has 6 heteroatoms. The average molecular weight is 316 g/mol. The normalized spacial score (nSPS) is 17.3. The van der Waals surface area contributed by atoms with Crippen LogP contribution in [0.5, 0.6) is 5.75 Å². The Balaban J connectivity index is 1.83. The van der Waals surface area contributed by atoms with E-state index in [0.717, 1.165) is 19.4 Å². The van der Waals surface area contributed by atoms with Crippen molar-refractivity contribution < 1.29 is 14.3 Å². The van der Waals surface area contributed by atoms with Crippen molar-refractivity contribution in [3.63, 3.8) is 0 Å². The number of benzene rings is 1. The Hall–Kier alpha value is -2.34. The van der Waals surface area contributed by atoms with Gasteiger partial charge in [-0.2, -0.15) is 0 Å². The molecule has 0 radical (unpaired) electrons. The summed E-state index contributed by atoms with van der Waals surface area (Å²) in [5, 5.41) is 3.22. The Bertz CT molecular complexity index is 763. The molecule has 1 aromatic carbocycles. The fourth-order valence-corrected chi connectivity index (χ4v) is 2.73. The molecule has 1 fully saturated rings. The Morgan fingerprint density at radius 1 is 1.48 bits per heavy atom. The zero-order chi connectivity index (χ0) is 16.2. The Morgan fingerprint density at radius 3 is 3.09 bits per heavy atom. The summed E-state index contributed by atoms with van der Waals surface area (Å²) in [5.74, 6) is 0.230. The van der Waals surface area contributed by atoms with Gasteiger partial charge in [0.25, 0.3) is 5.91 Å². The van der Waals surface area contributed by atoms with Crippen molar-refractivity contribution in [2.24, 2.45) is 0 Å². The number of carbonyl (C=O) groups excluding carboxylic acids is 1. The van der Waals surface area contributed by atoms with E-state index in [1.54, 1.807) is 18.2 Å². The van der Waals surface area contributed by atoms with Crippen molar-refractivity contribution in [1.82, 2.24) is 10.3 Å². The number of amides is 1. The molecule has 2 N–H and O–H groups in total. The van der Waals surface area contributed by atoms with Crippen LogP contribution in [0.2, 0.25) is 0 Å². The summed E-state index contributed by atoms with van der Waals surface area (Å²) in [6, 6.07) is 5.23.